The average molecular weight is 357 g/mol. The Balaban J connectivity index is 1.70. The highest BCUT2D eigenvalue weighted by Crippen LogP contribution is 2.32. The zero-order valence-corrected chi connectivity index (χ0v) is 13.8. The van der Waals surface area contributed by atoms with Crippen molar-refractivity contribution in [3.05, 3.63) is 65.6 Å². The lowest BCUT2D eigenvalue weighted by molar-refractivity contribution is 0.626. The quantitative estimate of drug-likeness (QED) is 0.527. The highest BCUT2D eigenvalue weighted by atomic mass is 35.5. The Bertz CT molecular complexity index is 1020. The fraction of sp³-hybridized carbons (Fsp3) is 0. The van der Waals surface area contributed by atoms with E-state index in [4.69, 9.17) is 11.6 Å². The number of rotatable bonds is 3. The minimum Gasteiger partial charge on any atom is -0.275 e. The van der Waals surface area contributed by atoms with Gasteiger partial charge < -0.3 is 0 Å². The van der Waals surface area contributed by atoms with Crippen LogP contribution in [-0.2, 0) is 0 Å². The van der Waals surface area contributed by atoms with Gasteiger partial charge in [-0.1, -0.05) is 29.8 Å². The maximum absolute atomic E-state index is 13.0. The van der Waals surface area contributed by atoms with Crippen molar-refractivity contribution in [3.8, 4) is 11.3 Å². The number of halogens is 2. The molecule has 2 aromatic carbocycles. The molecule has 1 N–H and O–H groups in total. The van der Waals surface area contributed by atoms with Gasteiger partial charge in [0.2, 0.25) is 0 Å². The Morgan fingerprint density at radius 1 is 1.04 bits per heavy atom. The van der Waals surface area contributed by atoms with E-state index >= 15 is 0 Å². The predicted octanol–water partition coefficient (Wildman–Crippen LogP) is 4.96. The van der Waals surface area contributed by atoms with Crippen molar-refractivity contribution < 1.29 is 4.39 Å². The fourth-order valence-corrected chi connectivity index (χ4v) is 3.27. The van der Waals surface area contributed by atoms with Gasteiger partial charge in [-0.15, -0.1) is 0 Å². The highest BCUT2D eigenvalue weighted by molar-refractivity contribution is 7.99. The zero-order valence-electron chi connectivity index (χ0n) is 12.2. The second kappa shape index (κ2) is 6.22. The monoisotopic (exact) mass is 356 g/mol. The number of hydrogen-bond acceptors (Lipinski definition) is 4. The summed E-state index contributed by atoms with van der Waals surface area (Å²) in [7, 11) is 0. The molecule has 0 radical (unpaired) electrons. The van der Waals surface area contributed by atoms with E-state index < -0.39 is 0 Å². The summed E-state index contributed by atoms with van der Waals surface area (Å²) in [6.45, 7) is 0. The lowest BCUT2D eigenvalue weighted by Gasteiger charge is -2.02. The summed E-state index contributed by atoms with van der Waals surface area (Å²) in [5, 5.41) is 9.20. The third-order valence-corrected chi connectivity index (χ3v) is 4.67. The predicted molar refractivity (Wildman–Crippen MR) is 92.7 cm³/mol. The van der Waals surface area contributed by atoms with Crippen molar-refractivity contribution in [2.45, 2.75) is 10.1 Å². The maximum atomic E-state index is 13.0. The van der Waals surface area contributed by atoms with Crippen LogP contribution in [0.25, 0.3) is 22.3 Å². The second-order valence-electron chi connectivity index (χ2n) is 5.02. The van der Waals surface area contributed by atoms with Crippen LogP contribution in [0.2, 0.25) is 5.02 Å². The number of aromatic amines is 1. The molecule has 4 rings (SSSR count). The van der Waals surface area contributed by atoms with Crippen LogP contribution in [0.5, 0.6) is 0 Å². The van der Waals surface area contributed by atoms with Gasteiger partial charge in [-0.3, -0.25) is 5.10 Å². The Labute approximate surface area is 146 Å². The number of aromatic nitrogens is 4. The van der Waals surface area contributed by atoms with Crippen LogP contribution in [0.3, 0.4) is 0 Å². The third-order valence-electron chi connectivity index (χ3n) is 3.46. The van der Waals surface area contributed by atoms with Crippen LogP contribution in [0.1, 0.15) is 0 Å². The normalized spacial score (nSPS) is 11.1. The Hall–Kier alpha value is -2.44. The molecule has 4 aromatic rings. The van der Waals surface area contributed by atoms with Crippen LogP contribution in [0.4, 0.5) is 4.39 Å². The van der Waals surface area contributed by atoms with Gasteiger partial charge in [-0.25, -0.2) is 14.4 Å². The van der Waals surface area contributed by atoms with Gasteiger partial charge in [-0.05, 0) is 42.1 Å². The maximum Gasteiger partial charge on any atom is 0.194 e. The first-order chi connectivity index (χ1) is 11.7. The summed E-state index contributed by atoms with van der Waals surface area (Å²) in [4.78, 5) is 9.67. The van der Waals surface area contributed by atoms with Gasteiger partial charge in [0, 0.05) is 21.7 Å². The van der Waals surface area contributed by atoms with Gasteiger partial charge in [0.1, 0.15) is 5.82 Å². The molecular weight excluding hydrogens is 347 g/mol. The first-order valence-electron chi connectivity index (χ1n) is 7.10. The van der Waals surface area contributed by atoms with Crippen LogP contribution < -0.4 is 0 Å². The molecule has 0 spiro atoms. The van der Waals surface area contributed by atoms with Gasteiger partial charge in [-0.2, -0.15) is 5.10 Å². The van der Waals surface area contributed by atoms with E-state index in [1.165, 1.54) is 23.9 Å². The number of benzene rings is 2. The third kappa shape index (κ3) is 2.86. The minimum atomic E-state index is -0.271. The molecule has 2 aromatic heterocycles. The summed E-state index contributed by atoms with van der Waals surface area (Å²) in [5.41, 5.74) is 2.20. The molecule has 0 amide bonds. The number of nitrogens with one attached hydrogen (secondary N) is 1. The van der Waals surface area contributed by atoms with Crippen LogP contribution in [0.15, 0.2) is 64.8 Å². The molecule has 0 saturated carbocycles. The van der Waals surface area contributed by atoms with E-state index in [1.54, 1.807) is 18.3 Å². The van der Waals surface area contributed by atoms with Gasteiger partial charge in [0.15, 0.2) is 10.8 Å². The van der Waals surface area contributed by atoms with Crippen molar-refractivity contribution in [2.75, 3.05) is 0 Å². The average Bonchev–Trinajstić information content (AvgIpc) is 3.00. The molecule has 0 fully saturated rings. The summed E-state index contributed by atoms with van der Waals surface area (Å²) in [5.74, 6) is -0.271. The summed E-state index contributed by atoms with van der Waals surface area (Å²) in [6, 6.07) is 13.7. The van der Waals surface area contributed by atoms with Gasteiger partial charge >= 0.3 is 0 Å². The molecule has 0 bridgehead atoms. The molecule has 118 valence electrons. The van der Waals surface area contributed by atoms with E-state index in [1.807, 2.05) is 24.3 Å². The first-order valence-corrected chi connectivity index (χ1v) is 8.29. The number of hydrogen-bond donors (Lipinski definition) is 1. The van der Waals surface area contributed by atoms with E-state index in [0.717, 1.165) is 21.5 Å². The first kappa shape index (κ1) is 15.1. The molecule has 0 saturated heterocycles. The van der Waals surface area contributed by atoms with Crippen LogP contribution in [0, 0.1) is 5.82 Å². The van der Waals surface area contributed by atoms with Gasteiger partial charge in [0.05, 0.1) is 11.1 Å². The highest BCUT2D eigenvalue weighted by Gasteiger charge is 2.13. The summed E-state index contributed by atoms with van der Waals surface area (Å²) in [6.07, 6.45) is 1.72. The topological polar surface area (TPSA) is 54.5 Å². The molecule has 7 heteroatoms. The molecular formula is C17H10ClFN4S. The van der Waals surface area contributed by atoms with Crippen molar-refractivity contribution in [1.29, 1.82) is 0 Å². The van der Waals surface area contributed by atoms with Crippen molar-refractivity contribution >= 4 is 34.4 Å². The Morgan fingerprint density at radius 3 is 2.62 bits per heavy atom. The summed E-state index contributed by atoms with van der Waals surface area (Å²) < 4.78 is 13.0. The smallest absolute Gasteiger partial charge is 0.194 e. The van der Waals surface area contributed by atoms with Crippen molar-refractivity contribution in [1.82, 2.24) is 20.2 Å². The fourth-order valence-electron chi connectivity index (χ4n) is 2.31. The van der Waals surface area contributed by atoms with E-state index in [9.17, 15) is 4.39 Å². The van der Waals surface area contributed by atoms with E-state index in [0.29, 0.717) is 15.8 Å². The van der Waals surface area contributed by atoms with Gasteiger partial charge in [0.25, 0.3) is 0 Å². The molecule has 4 nitrogen and oxygen atoms in total. The minimum absolute atomic E-state index is 0.271. The van der Waals surface area contributed by atoms with Crippen molar-refractivity contribution in [2.24, 2.45) is 0 Å². The zero-order chi connectivity index (χ0) is 16.5. The molecule has 0 aliphatic carbocycles. The second-order valence-corrected chi connectivity index (χ2v) is 6.47. The Morgan fingerprint density at radius 2 is 1.83 bits per heavy atom. The number of H-pyrrole nitrogens is 1. The standard InChI is InChI=1S/C17H10ClFN4S/c18-14-4-2-1-3-12(14)15-13-9-20-17(21-16(13)23-22-15)24-11-7-5-10(19)6-8-11/h1-9H,(H,20,21,22,23). The largest absolute Gasteiger partial charge is 0.275 e. The molecule has 0 unspecified atom stereocenters. The lowest BCUT2D eigenvalue weighted by Crippen LogP contribution is -1.87. The van der Waals surface area contributed by atoms with Crippen molar-refractivity contribution in [3.63, 3.8) is 0 Å². The molecule has 2 heterocycles. The lowest BCUT2D eigenvalue weighted by atomic mass is 10.1. The van der Waals surface area contributed by atoms with E-state index in [-0.39, 0.29) is 5.82 Å². The van der Waals surface area contributed by atoms with E-state index in [2.05, 4.69) is 20.2 Å². The SMILES string of the molecule is Fc1ccc(Sc2ncc3c(-c4ccccc4Cl)[nH]nc3n2)cc1. The van der Waals surface area contributed by atoms with Crippen LogP contribution in [-0.4, -0.2) is 20.2 Å². The molecule has 0 aliphatic heterocycles. The molecule has 24 heavy (non-hydrogen) atoms. The molecule has 0 atom stereocenters. The number of fused-ring (bicyclic) bond motifs is 1. The molecule has 0 aliphatic rings. The number of nitrogens with zero attached hydrogens (tertiary/aromatic N) is 3. The van der Waals surface area contributed by atoms with Crippen LogP contribution >= 0.6 is 23.4 Å². The summed E-state index contributed by atoms with van der Waals surface area (Å²) >= 11 is 7.59. The Kier molecular flexibility index (Phi) is 3.92.